The zero-order chi connectivity index (χ0) is 9.42. The summed E-state index contributed by atoms with van der Waals surface area (Å²) in [6, 6.07) is 5.28. The van der Waals surface area contributed by atoms with Gasteiger partial charge in [0.25, 0.3) is 0 Å². The molecule has 0 saturated carbocycles. The molecule has 1 heterocycles. The lowest BCUT2D eigenvalue weighted by molar-refractivity contribution is 0.0678. The maximum absolute atomic E-state index is 9.45. The van der Waals surface area contributed by atoms with Crippen molar-refractivity contribution >= 4 is 15.9 Å². The molecule has 0 aliphatic carbocycles. The Labute approximate surface area is 84.6 Å². The van der Waals surface area contributed by atoms with Crippen LogP contribution in [-0.2, 0) is 0 Å². The SMILES string of the molecule is N[C@@H]1c2cc(Br)ccc2OC[C@H]1O. The van der Waals surface area contributed by atoms with E-state index in [4.69, 9.17) is 10.5 Å². The normalized spacial score (nSPS) is 26.4. The summed E-state index contributed by atoms with van der Waals surface area (Å²) in [7, 11) is 0. The highest BCUT2D eigenvalue weighted by molar-refractivity contribution is 9.10. The van der Waals surface area contributed by atoms with Crippen molar-refractivity contribution in [1.29, 1.82) is 0 Å². The molecule has 1 aliphatic heterocycles. The fourth-order valence-corrected chi connectivity index (χ4v) is 1.78. The quantitative estimate of drug-likeness (QED) is 0.721. The van der Waals surface area contributed by atoms with Crippen LogP contribution in [0.3, 0.4) is 0 Å². The third kappa shape index (κ3) is 1.57. The van der Waals surface area contributed by atoms with Gasteiger partial charge in [-0.1, -0.05) is 15.9 Å². The molecule has 70 valence electrons. The van der Waals surface area contributed by atoms with Gasteiger partial charge in [0.05, 0.1) is 6.04 Å². The van der Waals surface area contributed by atoms with E-state index in [2.05, 4.69) is 15.9 Å². The highest BCUT2D eigenvalue weighted by Gasteiger charge is 2.26. The molecule has 3 N–H and O–H groups in total. The number of rotatable bonds is 0. The second kappa shape index (κ2) is 3.29. The van der Waals surface area contributed by atoms with Gasteiger partial charge in [0.1, 0.15) is 18.5 Å². The van der Waals surface area contributed by atoms with Crippen LogP contribution in [0.15, 0.2) is 22.7 Å². The Kier molecular flexibility index (Phi) is 2.27. The van der Waals surface area contributed by atoms with E-state index in [9.17, 15) is 5.11 Å². The molecule has 1 aliphatic rings. The molecule has 13 heavy (non-hydrogen) atoms. The summed E-state index contributed by atoms with van der Waals surface area (Å²) in [6.07, 6.45) is -0.609. The summed E-state index contributed by atoms with van der Waals surface area (Å²) < 4.78 is 6.25. The van der Waals surface area contributed by atoms with Crippen LogP contribution >= 0.6 is 15.9 Å². The van der Waals surface area contributed by atoms with Gasteiger partial charge >= 0.3 is 0 Å². The Morgan fingerprint density at radius 1 is 1.54 bits per heavy atom. The molecule has 1 aromatic carbocycles. The Morgan fingerprint density at radius 3 is 3.08 bits per heavy atom. The minimum Gasteiger partial charge on any atom is -0.490 e. The molecule has 0 amide bonds. The Balaban J connectivity index is 2.45. The largest absolute Gasteiger partial charge is 0.490 e. The first-order valence-corrected chi connectivity index (χ1v) is 4.83. The first-order chi connectivity index (χ1) is 6.18. The van der Waals surface area contributed by atoms with Gasteiger partial charge in [-0.05, 0) is 18.2 Å². The number of hydrogen-bond acceptors (Lipinski definition) is 3. The molecule has 4 heteroatoms. The van der Waals surface area contributed by atoms with Crippen LogP contribution in [0.25, 0.3) is 0 Å². The van der Waals surface area contributed by atoms with Crippen LogP contribution in [0.1, 0.15) is 11.6 Å². The smallest absolute Gasteiger partial charge is 0.124 e. The lowest BCUT2D eigenvalue weighted by Crippen LogP contribution is -2.35. The summed E-state index contributed by atoms with van der Waals surface area (Å²) in [5, 5.41) is 9.45. The zero-order valence-corrected chi connectivity index (χ0v) is 8.49. The molecule has 3 nitrogen and oxygen atoms in total. The lowest BCUT2D eigenvalue weighted by atomic mass is 9.99. The minimum atomic E-state index is -0.609. The van der Waals surface area contributed by atoms with Gasteiger partial charge in [-0.2, -0.15) is 0 Å². The van der Waals surface area contributed by atoms with Crippen molar-refractivity contribution in [2.45, 2.75) is 12.1 Å². The molecule has 0 aromatic heterocycles. The fourth-order valence-electron chi connectivity index (χ4n) is 1.40. The molecular weight excluding hydrogens is 234 g/mol. The van der Waals surface area contributed by atoms with E-state index in [1.165, 1.54) is 0 Å². The van der Waals surface area contributed by atoms with Crippen LogP contribution in [0, 0.1) is 0 Å². The Morgan fingerprint density at radius 2 is 2.31 bits per heavy atom. The first-order valence-electron chi connectivity index (χ1n) is 4.04. The van der Waals surface area contributed by atoms with Gasteiger partial charge in [0.2, 0.25) is 0 Å². The highest BCUT2D eigenvalue weighted by atomic mass is 79.9. The van der Waals surface area contributed by atoms with Crippen molar-refractivity contribution < 1.29 is 9.84 Å². The van der Waals surface area contributed by atoms with E-state index in [1.807, 2.05) is 18.2 Å². The van der Waals surface area contributed by atoms with Crippen molar-refractivity contribution in [2.75, 3.05) is 6.61 Å². The average Bonchev–Trinajstić information content (AvgIpc) is 2.12. The van der Waals surface area contributed by atoms with Crippen molar-refractivity contribution in [3.63, 3.8) is 0 Å². The number of halogens is 1. The molecule has 0 saturated heterocycles. The molecule has 0 fully saturated rings. The molecule has 2 atom stereocenters. The van der Waals surface area contributed by atoms with Crippen molar-refractivity contribution in [1.82, 2.24) is 0 Å². The van der Waals surface area contributed by atoms with Crippen LogP contribution in [0.4, 0.5) is 0 Å². The number of nitrogens with two attached hydrogens (primary N) is 1. The Bertz CT molecular complexity index is 329. The van der Waals surface area contributed by atoms with Crippen molar-refractivity contribution in [3.05, 3.63) is 28.2 Å². The third-order valence-corrected chi connectivity index (χ3v) is 2.65. The van der Waals surface area contributed by atoms with Crippen molar-refractivity contribution in [3.8, 4) is 5.75 Å². The molecule has 0 spiro atoms. The maximum atomic E-state index is 9.45. The molecule has 0 radical (unpaired) electrons. The summed E-state index contributed by atoms with van der Waals surface area (Å²) in [6.45, 7) is 0.274. The standard InChI is InChI=1S/C9H10BrNO2/c10-5-1-2-8-6(3-5)9(11)7(12)4-13-8/h1-3,7,9,12H,4,11H2/t7-,9-/m1/s1. The first kappa shape index (κ1) is 8.99. The second-order valence-corrected chi connectivity index (χ2v) is 4.00. The number of aliphatic hydroxyl groups excluding tert-OH is 1. The van der Waals surface area contributed by atoms with Gasteiger partial charge in [-0.15, -0.1) is 0 Å². The third-order valence-electron chi connectivity index (χ3n) is 2.16. The number of benzene rings is 1. The number of aliphatic hydroxyl groups is 1. The van der Waals surface area contributed by atoms with E-state index in [0.717, 1.165) is 15.8 Å². The highest BCUT2D eigenvalue weighted by Crippen LogP contribution is 2.32. The monoisotopic (exact) mass is 243 g/mol. The predicted octanol–water partition coefficient (Wildman–Crippen LogP) is 1.20. The molecule has 0 bridgehead atoms. The van der Waals surface area contributed by atoms with Crippen LogP contribution in [0.2, 0.25) is 0 Å². The summed E-state index contributed by atoms with van der Waals surface area (Å²) in [4.78, 5) is 0. The topological polar surface area (TPSA) is 55.5 Å². The van der Waals surface area contributed by atoms with Gasteiger partial charge in [0, 0.05) is 10.0 Å². The maximum Gasteiger partial charge on any atom is 0.124 e. The summed E-state index contributed by atoms with van der Waals surface area (Å²) in [5.74, 6) is 0.765. The number of ether oxygens (including phenoxy) is 1. The number of fused-ring (bicyclic) bond motifs is 1. The van der Waals surface area contributed by atoms with E-state index in [0.29, 0.717) is 0 Å². The Hall–Kier alpha value is -0.580. The van der Waals surface area contributed by atoms with Gasteiger partial charge in [-0.3, -0.25) is 0 Å². The minimum absolute atomic E-state index is 0.274. The van der Waals surface area contributed by atoms with Gasteiger partial charge < -0.3 is 15.6 Å². The van der Waals surface area contributed by atoms with Gasteiger partial charge in [-0.25, -0.2) is 0 Å². The van der Waals surface area contributed by atoms with E-state index in [1.54, 1.807) is 0 Å². The lowest BCUT2D eigenvalue weighted by Gasteiger charge is -2.27. The van der Waals surface area contributed by atoms with Crippen molar-refractivity contribution in [2.24, 2.45) is 5.73 Å². The van der Waals surface area contributed by atoms with Crippen LogP contribution in [-0.4, -0.2) is 17.8 Å². The van der Waals surface area contributed by atoms with E-state index < -0.39 is 6.10 Å². The molecule has 2 rings (SSSR count). The number of hydrogen-bond donors (Lipinski definition) is 2. The molecule has 1 aromatic rings. The molecular formula is C9H10BrNO2. The van der Waals surface area contributed by atoms with E-state index in [-0.39, 0.29) is 12.6 Å². The zero-order valence-electron chi connectivity index (χ0n) is 6.90. The van der Waals surface area contributed by atoms with E-state index >= 15 is 0 Å². The van der Waals surface area contributed by atoms with Gasteiger partial charge in [0.15, 0.2) is 0 Å². The second-order valence-electron chi connectivity index (χ2n) is 3.09. The summed E-state index contributed by atoms with van der Waals surface area (Å²) in [5.41, 5.74) is 6.66. The summed E-state index contributed by atoms with van der Waals surface area (Å²) >= 11 is 3.35. The van der Waals surface area contributed by atoms with Crippen LogP contribution in [0.5, 0.6) is 5.75 Å². The predicted molar refractivity (Wildman–Crippen MR) is 52.6 cm³/mol. The average molecular weight is 244 g/mol. The molecule has 0 unspecified atom stereocenters. The van der Waals surface area contributed by atoms with Crippen LogP contribution < -0.4 is 10.5 Å². The fraction of sp³-hybridized carbons (Fsp3) is 0.333.